The molecule has 0 spiro atoms. The highest BCUT2D eigenvalue weighted by atomic mass is 16.5. The molecule has 0 bridgehead atoms. The van der Waals surface area contributed by atoms with Crippen LogP contribution in [0.4, 0.5) is 0 Å². The Morgan fingerprint density at radius 2 is 2.09 bits per heavy atom. The van der Waals surface area contributed by atoms with E-state index in [9.17, 15) is 9.90 Å². The topological polar surface area (TPSA) is 46.5 Å². The van der Waals surface area contributed by atoms with Crippen molar-refractivity contribution in [1.82, 2.24) is 0 Å². The quantitative estimate of drug-likeness (QED) is 0.475. The van der Waals surface area contributed by atoms with Gasteiger partial charge in [0.2, 0.25) is 0 Å². The van der Waals surface area contributed by atoms with Crippen molar-refractivity contribution in [3.63, 3.8) is 0 Å². The van der Waals surface area contributed by atoms with Crippen molar-refractivity contribution in [2.75, 3.05) is 6.61 Å². The van der Waals surface area contributed by atoms with E-state index in [1.54, 1.807) is 0 Å². The lowest BCUT2D eigenvalue weighted by atomic mass is 9.46. The van der Waals surface area contributed by atoms with Gasteiger partial charge >= 0.3 is 5.97 Å². The summed E-state index contributed by atoms with van der Waals surface area (Å²) in [5, 5.41) is 10.6. The van der Waals surface area contributed by atoms with Crippen LogP contribution in [0.2, 0.25) is 0 Å². The summed E-state index contributed by atoms with van der Waals surface area (Å²) in [5.41, 5.74) is 2.18. The van der Waals surface area contributed by atoms with Gasteiger partial charge in [-0.15, -0.1) is 0 Å². The molecule has 23 heavy (non-hydrogen) atoms. The summed E-state index contributed by atoms with van der Waals surface area (Å²) < 4.78 is 5.04. The van der Waals surface area contributed by atoms with Crippen molar-refractivity contribution in [1.29, 1.82) is 0 Å². The highest BCUT2D eigenvalue weighted by molar-refractivity contribution is 5.90. The van der Waals surface area contributed by atoms with Gasteiger partial charge in [-0.1, -0.05) is 39.8 Å². The summed E-state index contributed by atoms with van der Waals surface area (Å²) in [6.45, 7) is 11.8. The fourth-order valence-electron chi connectivity index (χ4n) is 5.52. The van der Waals surface area contributed by atoms with E-state index >= 15 is 0 Å². The molecule has 1 unspecified atom stereocenters. The number of cyclic esters (lactones) is 1. The van der Waals surface area contributed by atoms with E-state index in [4.69, 9.17) is 4.74 Å². The molecule has 3 aliphatic rings. The van der Waals surface area contributed by atoms with Gasteiger partial charge in [0.05, 0.1) is 12.7 Å². The molecule has 0 aromatic carbocycles. The van der Waals surface area contributed by atoms with E-state index in [-0.39, 0.29) is 22.7 Å². The molecule has 3 fully saturated rings. The number of carbonyl (C=O) groups is 1. The van der Waals surface area contributed by atoms with Gasteiger partial charge in [-0.3, -0.25) is 0 Å². The highest BCUT2D eigenvalue weighted by Crippen LogP contribution is 2.61. The number of rotatable bonds is 2. The van der Waals surface area contributed by atoms with E-state index < -0.39 is 6.10 Å². The molecule has 0 radical (unpaired) electrons. The Labute approximate surface area is 139 Å². The normalized spacial score (nSPS) is 41.7. The van der Waals surface area contributed by atoms with Gasteiger partial charge in [-0.05, 0) is 53.9 Å². The summed E-state index contributed by atoms with van der Waals surface area (Å²) in [4.78, 5) is 11.7. The summed E-state index contributed by atoms with van der Waals surface area (Å²) in [6.07, 6.45) is 7.63. The van der Waals surface area contributed by atoms with Crippen LogP contribution >= 0.6 is 0 Å². The Morgan fingerprint density at radius 1 is 1.35 bits per heavy atom. The second kappa shape index (κ2) is 5.77. The molecule has 4 atom stereocenters. The van der Waals surface area contributed by atoms with Crippen LogP contribution in [0.15, 0.2) is 23.8 Å². The maximum atomic E-state index is 11.7. The van der Waals surface area contributed by atoms with Crippen LogP contribution in [-0.2, 0) is 9.53 Å². The molecule has 1 heterocycles. The summed E-state index contributed by atoms with van der Waals surface area (Å²) in [6, 6.07) is 0. The Morgan fingerprint density at radius 3 is 2.74 bits per heavy atom. The predicted octanol–water partition coefficient (Wildman–Crippen LogP) is 4.02. The lowest BCUT2D eigenvalue weighted by molar-refractivity contribution is -0.135. The minimum atomic E-state index is -0.413. The number of fused-ring (bicyclic) bond motifs is 1. The monoisotopic (exact) mass is 318 g/mol. The maximum absolute atomic E-state index is 11.7. The SMILES string of the molecule is C=C1[C@@H](O)CC2C(C)(C)CCC[C@]2(C)[C@H]1CC=C1CCOC1=O. The van der Waals surface area contributed by atoms with Crippen LogP contribution in [0.1, 0.15) is 59.3 Å². The molecule has 0 aromatic heterocycles. The van der Waals surface area contributed by atoms with Crippen LogP contribution in [0.3, 0.4) is 0 Å². The number of aliphatic hydroxyl groups excluding tert-OH is 1. The summed E-state index contributed by atoms with van der Waals surface area (Å²) in [7, 11) is 0. The number of aliphatic hydroxyl groups is 1. The van der Waals surface area contributed by atoms with Crippen LogP contribution in [0, 0.1) is 22.7 Å². The predicted molar refractivity (Wildman–Crippen MR) is 90.8 cm³/mol. The van der Waals surface area contributed by atoms with Crippen molar-refractivity contribution < 1.29 is 14.6 Å². The second-order valence-electron chi connectivity index (χ2n) is 8.63. The molecule has 2 aliphatic carbocycles. The van der Waals surface area contributed by atoms with Crippen LogP contribution in [0.25, 0.3) is 0 Å². The maximum Gasteiger partial charge on any atom is 0.333 e. The lowest BCUT2D eigenvalue weighted by Crippen LogP contribution is -2.52. The van der Waals surface area contributed by atoms with Crippen molar-refractivity contribution in [3.05, 3.63) is 23.8 Å². The van der Waals surface area contributed by atoms with Gasteiger partial charge in [-0.2, -0.15) is 0 Å². The average Bonchev–Trinajstić information content (AvgIpc) is 2.87. The molecule has 3 rings (SSSR count). The van der Waals surface area contributed by atoms with Crippen molar-refractivity contribution in [2.45, 2.75) is 65.4 Å². The third-order valence-electron chi connectivity index (χ3n) is 6.87. The first-order valence-electron chi connectivity index (χ1n) is 8.98. The molecule has 0 aromatic rings. The number of hydrogen-bond acceptors (Lipinski definition) is 3. The van der Waals surface area contributed by atoms with E-state index in [1.165, 1.54) is 19.3 Å². The number of hydrogen-bond donors (Lipinski definition) is 1. The fraction of sp³-hybridized carbons (Fsp3) is 0.750. The highest BCUT2D eigenvalue weighted by Gasteiger charge is 2.54. The minimum absolute atomic E-state index is 0.164. The number of allylic oxidation sites excluding steroid dienone is 1. The molecule has 3 heteroatoms. The molecular formula is C20H30O3. The van der Waals surface area contributed by atoms with Crippen LogP contribution in [0.5, 0.6) is 0 Å². The standard InChI is InChI=1S/C20H30O3/c1-13-15(7-6-14-8-11-23-18(14)22)20(4)10-5-9-19(2,3)17(20)12-16(13)21/h6,15-17,21H,1,5,7-12H2,2-4H3/t15-,16-,17?,20+/m0/s1. The molecule has 3 nitrogen and oxygen atoms in total. The largest absolute Gasteiger partial charge is 0.462 e. The number of esters is 1. The number of carbonyl (C=O) groups excluding carboxylic acids is 1. The molecule has 1 N–H and O–H groups in total. The van der Waals surface area contributed by atoms with Crippen LogP contribution < -0.4 is 0 Å². The van der Waals surface area contributed by atoms with Gasteiger partial charge in [0.15, 0.2) is 0 Å². The van der Waals surface area contributed by atoms with Crippen molar-refractivity contribution >= 4 is 5.97 Å². The van der Waals surface area contributed by atoms with Crippen LogP contribution in [-0.4, -0.2) is 23.8 Å². The van der Waals surface area contributed by atoms with E-state index in [1.807, 2.05) is 6.08 Å². The van der Waals surface area contributed by atoms with Crippen molar-refractivity contribution in [3.8, 4) is 0 Å². The zero-order chi connectivity index (χ0) is 16.8. The van der Waals surface area contributed by atoms with Gasteiger partial charge in [0, 0.05) is 12.0 Å². The minimum Gasteiger partial charge on any atom is -0.462 e. The van der Waals surface area contributed by atoms with Gasteiger partial charge in [0.25, 0.3) is 0 Å². The molecule has 1 aliphatic heterocycles. The zero-order valence-corrected chi connectivity index (χ0v) is 14.7. The Hall–Kier alpha value is -1.09. The molecule has 2 saturated carbocycles. The molecule has 1 saturated heterocycles. The lowest BCUT2D eigenvalue weighted by Gasteiger charge is -2.59. The average molecular weight is 318 g/mol. The third-order valence-corrected chi connectivity index (χ3v) is 6.87. The van der Waals surface area contributed by atoms with E-state index in [0.717, 1.165) is 24.0 Å². The van der Waals surface area contributed by atoms with Gasteiger partial charge in [-0.25, -0.2) is 4.79 Å². The van der Waals surface area contributed by atoms with E-state index in [2.05, 4.69) is 27.4 Å². The second-order valence-corrected chi connectivity index (χ2v) is 8.63. The van der Waals surface area contributed by atoms with Gasteiger partial charge in [0.1, 0.15) is 0 Å². The first-order valence-corrected chi connectivity index (χ1v) is 8.98. The Bertz CT molecular complexity index is 545. The zero-order valence-electron chi connectivity index (χ0n) is 14.7. The summed E-state index contributed by atoms with van der Waals surface area (Å²) in [5.74, 6) is 0.581. The Kier molecular flexibility index (Phi) is 4.20. The fourth-order valence-corrected chi connectivity index (χ4v) is 5.52. The molecular weight excluding hydrogens is 288 g/mol. The number of ether oxygens (including phenoxy) is 1. The first-order chi connectivity index (χ1) is 10.8. The molecule has 0 amide bonds. The smallest absolute Gasteiger partial charge is 0.333 e. The first kappa shape index (κ1) is 16.8. The third kappa shape index (κ3) is 2.77. The van der Waals surface area contributed by atoms with Crippen molar-refractivity contribution in [2.24, 2.45) is 22.7 Å². The van der Waals surface area contributed by atoms with E-state index in [0.29, 0.717) is 18.9 Å². The Balaban J connectivity index is 1.89. The summed E-state index contributed by atoms with van der Waals surface area (Å²) >= 11 is 0. The van der Waals surface area contributed by atoms with Gasteiger partial charge < -0.3 is 9.84 Å². The molecule has 128 valence electrons.